The number of aliphatic hydroxyl groups excluding tert-OH is 1. The highest BCUT2D eigenvalue weighted by molar-refractivity contribution is 6.30. The predicted molar refractivity (Wildman–Crippen MR) is 106 cm³/mol. The van der Waals surface area contributed by atoms with E-state index < -0.39 is 0 Å². The van der Waals surface area contributed by atoms with E-state index in [9.17, 15) is 5.21 Å². The van der Waals surface area contributed by atoms with E-state index in [1.165, 1.54) is 5.56 Å². The summed E-state index contributed by atoms with van der Waals surface area (Å²) in [7, 11) is 0. The standard InChI is InChI=1S/C21H25ClN2O2/c22-19-2-1-3-20(13-19)23-21(24-26)12-15-4-8-17(9-5-15)18-10-6-16(14-25)7-11-18/h1-3,6-7,10-11,13,15,17,25-26H,4-5,8-9,12,14H2,(H,23,24)/t15-,17+. The third-order valence-corrected chi connectivity index (χ3v) is 5.43. The van der Waals surface area contributed by atoms with Crippen molar-refractivity contribution in [2.45, 2.75) is 44.6 Å². The number of halogens is 1. The van der Waals surface area contributed by atoms with E-state index in [0.717, 1.165) is 43.4 Å². The van der Waals surface area contributed by atoms with Crippen LogP contribution in [0.1, 0.15) is 49.1 Å². The number of nitrogens with zero attached hydrogens (tertiary/aromatic N) is 1. The second-order valence-corrected chi connectivity index (χ2v) is 7.44. The van der Waals surface area contributed by atoms with Gasteiger partial charge >= 0.3 is 0 Å². The van der Waals surface area contributed by atoms with Gasteiger partial charge in [0.2, 0.25) is 0 Å². The zero-order chi connectivity index (χ0) is 18.4. The van der Waals surface area contributed by atoms with Gasteiger partial charge in [-0.1, -0.05) is 47.1 Å². The Morgan fingerprint density at radius 3 is 2.42 bits per heavy atom. The number of oxime groups is 1. The molecule has 1 saturated carbocycles. The molecule has 0 spiro atoms. The van der Waals surface area contributed by atoms with E-state index in [2.05, 4.69) is 22.6 Å². The highest BCUT2D eigenvalue weighted by Gasteiger charge is 2.23. The van der Waals surface area contributed by atoms with Gasteiger partial charge < -0.3 is 15.6 Å². The summed E-state index contributed by atoms with van der Waals surface area (Å²) in [5.74, 6) is 1.68. The number of aliphatic hydroxyl groups is 1. The quantitative estimate of drug-likeness (QED) is 0.285. The molecule has 1 fully saturated rings. The van der Waals surface area contributed by atoms with Crippen molar-refractivity contribution in [3.05, 3.63) is 64.7 Å². The molecule has 0 radical (unpaired) electrons. The first-order valence-corrected chi connectivity index (χ1v) is 9.49. The molecule has 2 aromatic rings. The maximum absolute atomic E-state index is 9.34. The first-order chi connectivity index (χ1) is 12.7. The van der Waals surface area contributed by atoms with Gasteiger partial charge in [0, 0.05) is 17.1 Å². The lowest BCUT2D eigenvalue weighted by atomic mass is 9.77. The smallest absolute Gasteiger partial charge is 0.146 e. The Morgan fingerprint density at radius 2 is 1.81 bits per heavy atom. The maximum atomic E-state index is 9.34. The van der Waals surface area contributed by atoms with E-state index in [0.29, 0.717) is 22.7 Å². The summed E-state index contributed by atoms with van der Waals surface area (Å²) in [4.78, 5) is 0. The number of hydrogen-bond acceptors (Lipinski definition) is 3. The number of hydrogen-bond donors (Lipinski definition) is 3. The molecule has 2 aromatic carbocycles. The highest BCUT2D eigenvalue weighted by Crippen LogP contribution is 2.37. The van der Waals surface area contributed by atoms with Gasteiger partial charge in [-0.25, -0.2) is 0 Å². The molecule has 0 unspecified atom stereocenters. The molecule has 0 aliphatic heterocycles. The topological polar surface area (TPSA) is 64.9 Å². The maximum Gasteiger partial charge on any atom is 0.146 e. The fourth-order valence-corrected chi connectivity index (χ4v) is 3.91. The van der Waals surface area contributed by atoms with Gasteiger partial charge in [-0.15, -0.1) is 0 Å². The normalized spacial score (nSPS) is 20.8. The van der Waals surface area contributed by atoms with Crippen molar-refractivity contribution in [3.8, 4) is 0 Å². The van der Waals surface area contributed by atoms with Gasteiger partial charge in [0.15, 0.2) is 0 Å². The third kappa shape index (κ3) is 4.99. The van der Waals surface area contributed by atoms with Crippen molar-refractivity contribution >= 4 is 23.1 Å². The molecule has 5 heteroatoms. The average molecular weight is 373 g/mol. The zero-order valence-corrected chi connectivity index (χ0v) is 15.5. The summed E-state index contributed by atoms with van der Waals surface area (Å²) in [5.41, 5.74) is 3.15. The molecule has 3 rings (SSSR count). The molecule has 0 heterocycles. The fourth-order valence-electron chi connectivity index (χ4n) is 3.72. The molecule has 0 saturated heterocycles. The first-order valence-electron chi connectivity index (χ1n) is 9.11. The summed E-state index contributed by atoms with van der Waals surface area (Å²) in [6, 6.07) is 15.7. The summed E-state index contributed by atoms with van der Waals surface area (Å²) in [6.45, 7) is 0.0932. The van der Waals surface area contributed by atoms with Crippen molar-refractivity contribution in [2.24, 2.45) is 11.1 Å². The zero-order valence-electron chi connectivity index (χ0n) is 14.7. The van der Waals surface area contributed by atoms with E-state index in [-0.39, 0.29) is 6.61 Å². The van der Waals surface area contributed by atoms with Crippen molar-refractivity contribution in [3.63, 3.8) is 0 Å². The Bertz CT molecular complexity index is 738. The highest BCUT2D eigenvalue weighted by atomic mass is 35.5. The van der Waals surface area contributed by atoms with Crippen LogP contribution in [0.2, 0.25) is 5.02 Å². The Hall–Kier alpha value is -2.04. The second-order valence-electron chi connectivity index (χ2n) is 7.00. The summed E-state index contributed by atoms with van der Waals surface area (Å²) >= 11 is 6.00. The van der Waals surface area contributed by atoms with E-state index in [4.69, 9.17) is 16.7 Å². The van der Waals surface area contributed by atoms with Crippen LogP contribution in [0.25, 0.3) is 0 Å². The molecule has 0 bridgehead atoms. The first kappa shape index (κ1) is 18.7. The van der Waals surface area contributed by atoms with Crippen molar-refractivity contribution in [1.82, 2.24) is 0 Å². The Morgan fingerprint density at radius 1 is 1.08 bits per heavy atom. The number of anilines is 1. The SMILES string of the molecule is OCc1ccc([C@H]2CC[C@@H](C/C(=N/O)Nc3cccc(Cl)c3)CC2)cc1. The summed E-state index contributed by atoms with van der Waals surface area (Å²) in [5, 5.41) is 25.8. The Labute approximate surface area is 159 Å². The molecule has 0 atom stereocenters. The number of benzene rings is 2. The van der Waals surface area contributed by atoms with Crippen LogP contribution in [-0.2, 0) is 6.61 Å². The number of amidine groups is 1. The van der Waals surface area contributed by atoms with Crippen LogP contribution in [0.4, 0.5) is 5.69 Å². The third-order valence-electron chi connectivity index (χ3n) is 5.20. The monoisotopic (exact) mass is 372 g/mol. The largest absolute Gasteiger partial charge is 0.409 e. The van der Waals surface area contributed by atoms with Gasteiger partial charge in [0.05, 0.1) is 6.61 Å². The Kier molecular flexibility index (Phi) is 6.53. The lowest BCUT2D eigenvalue weighted by molar-refractivity contribution is 0.281. The van der Waals surface area contributed by atoms with Crippen molar-refractivity contribution in [1.29, 1.82) is 0 Å². The predicted octanol–water partition coefficient (Wildman–Crippen LogP) is 5.40. The van der Waals surface area contributed by atoms with Gasteiger partial charge in [-0.05, 0) is 66.8 Å². The molecule has 26 heavy (non-hydrogen) atoms. The van der Waals surface area contributed by atoms with Gasteiger partial charge in [0.1, 0.15) is 5.84 Å². The van der Waals surface area contributed by atoms with Crippen molar-refractivity contribution in [2.75, 3.05) is 5.32 Å². The fraction of sp³-hybridized carbons (Fsp3) is 0.381. The van der Waals surface area contributed by atoms with Crippen LogP contribution in [0.15, 0.2) is 53.7 Å². The molecule has 138 valence electrons. The molecule has 1 aliphatic rings. The lowest BCUT2D eigenvalue weighted by Gasteiger charge is -2.29. The second kappa shape index (κ2) is 9.06. The molecule has 3 N–H and O–H groups in total. The minimum Gasteiger partial charge on any atom is -0.409 e. The van der Waals surface area contributed by atoms with Crippen LogP contribution < -0.4 is 5.32 Å². The van der Waals surface area contributed by atoms with Crippen LogP contribution in [0.3, 0.4) is 0 Å². The molecular formula is C21H25ClN2O2. The number of nitrogens with one attached hydrogen (secondary N) is 1. The molecule has 1 aliphatic carbocycles. The number of rotatable bonds is 5. The van der Waals surface area contributed by atoms with Gasteiger partial charge in [0.25, 0.3) is 0 Å². The molecule has 4 nitrogen and oxygen atoms in total. The minimum absolute atomic E-state index is 0.0932. The minimum atomic E-state index is 0.0932. The van der Waals surface area contributed by atoms with E-state index in [1.807, 2.05) is 36.4 Å². The Balaban J connectivity index is 1.52. The lowest BCUT2D eigenvalue weighted by Crippen LogP contribution is -2.21. The summed E-state index contributed by atoms with van der Waals surface area (Å²) in [6.07, 6.45) is 5.24. The van der Waals surface area contributed by atoms with Gasteiger partial charge in [-0.3, -0.25) is 0 Å². The average Bonchev–Trinajstić information content (AvgIpc) is 2.68. The van der Waals surface area contributed by atoms with E-state index >= 15 is 0 Å². The molecule has 0 aromatic heterocycles. The van der Waals surface area contributed by atoms with E-state index in [1.54, 1.807) is 0 Å². The van der Waals surface area contributed by atoms with Crippen molar-refractivity contribution < 1.29 is 10.3 Å². The van der Waals surface area contributed by atoms with Crippen LogP contribution in [-0.4, -0.2) is 16.1 Å². The van der Waals surface area contributed by atoms with Gasteiger partial charge in [-0.2, -0.15) is 0 Å². The van der Waals surface area contributed by atoms with Crippen LogP contribution in [0.5, 0.6) is 0 Å². The molecule has 0 amide bonds. The van der Waals surface area contributed by atoms with Crippen LogP contribution >= 0.6 is 11.6 Å². The molecular weight excluding hydrogens is 348 g/mol. The summed E-state index contributed by atoms with van der Waals surface area (Å²) < 4.78 is 0. The van der Waals surface area contributed by atoms with Crippen LogP contribution in [0, 0.1) is 5.92 Å².